The van der Waals surface area contributed by atoms with E-state index in [9.17, 15) is 9.59 Å². The van der Waals surface area contributed by atoms with Crippen LogP contribution in [0.2, 0.25) is 39.3 Å². The first kappa shape index (κ1) is 28.8. The number of hydrogen-bond donors (Lipinski definition) is 0. The third kappa shape index (κ3) is 5.87. The molecule has 0 saturated heterocycles. The number of benzene rings is 1. The summed E-state index contributed by atoms with van der Waals surface area (Å²) < 4.78 is 12.5. The molecule has 0 spiro atoms. The largest absolute Gasteiger partial charge is 0.463 e. The second kappa shape index (κ2) is 11.1. The van der Waals surface area contributed by atoms with Crippen LogP contribution in [-0.4, -0.2) is 64.8 Å². The molecule has 0 bridgehead atoms. The molecule has 5 nitrogen and oxygen atoms in total. The van der Waals surface area contributed by atoms with Crippen LogP contribution >= 0.6 is 14.2 Å². The van der Waals surface area contributed by atoms with E-state index < -0.39 is 36.3 Å². The predicted octanol–water partition coefficient (Wildman–Crippen LogP) is 6.04. The third-order valence-electron chi connectivity index (χ3n) is 5.45. The molecule has 2 atom stereocenters. The van der Waals surface area contributed by atoms with E-state index in [-0.39, 0.29) is 19.2 Å². The van der Waals surface area contributed by atoms with Crippen molar-refractivity contribution in [1.82, 2.24) is 4.90 Å². The standard InChI is InChI=1S/C25H41NO4P2Si2/c1-11-29-23(27)18-21(24(28)30-12-2)32(25(33(5,6)7)34(8,9)10)19-22(26(3)4)31(32)20-16-14-13-15-17-20/h13-19H,11-12H2,1-10H3/b21-18+. The number of nitrogens with zero attached hydrogens (tertiary/aromatic N) is 1. The highest BCUT2D eigenvalue weighted by Gasteiger charge is 2.52. The summed E-state index contributed by atoms with van der Waals surface area (Å²) in [6.07, 6.45) is 1.47. The summed E-state index contributed by atoms with van der Waals surface area (Å²) in [5.41, 5.74) is 1.25. The summed E-state index contributed by atoms with van der Waals surface area (Å²) in [5, 5.41) is 1.78. The molecule has 0 amide bonds. The van der Waals surface area contributed by atoms with Gasteiger partial charge in [0.15, 0.2) is 0 Å². The van der Waals surface area contributed by atoms with Gasteiger partial charge in [-0.1, -0.05) is 74.2 Å². The minimum absolute atomic E-state index is 0.266. The Labute approximate surface area is 209 Å². The van der Waals surface area contributed by atoms with Crippen LogP contribution in [0.25, 0.3) is 0 Å². The van der Waals surface area contributed by atoms with Crippen molar-refractivity contribution in [3.8, 4) is 0 Å². The van der Waals surface area contributed by atoms with E-state index in [4.69, 9.17) is 9.47 Å². The molecule has 9 heteroatoms. The molecule has 0 saturated carbocycles. The van der Waals surface area contributed by atoms with Gasteiger partial charge in [-0.25, -0.2) is 9.59 Å². The molecule has 1 aromatic carbocycles. The van der Waals surface area contributed by atoms with Gasteiger partial charge in [0, 0.05) is 33.2 Å². The Morgan fingerprint density at radius 2 is 1.47 bits per heavy atom. The molecule has 0 radical (unpaired) electrons. The van der Waals surface area contributed by atoms with Crippen LogP contribution in [0.3, 0.4) is 0 Å². The first-order valence-electron chi connectivity index (χ1n) is 11.8. The van der Waals surface area contributed by atoms with E-state index in [1.165, 1.54) is 16.8 Å². The monoisotopic (exact) mass is 537 g/mol. The summed E-state index contributed by atoms with van der Waals surface area (Å²) in [7, 11) is -0.516. The highest BCUT2D eigenvalue weighted by atomic mass is 32.1. The molecule has 0 aliphatic carbocycles. The Hall–Kier alpha value is -1.40. The summed E-state index contributed by atoms with van der Waals surface area (Å²) in [4.78, 5) is 28.7. The van der Waals surface area contributed by atoms with Gasteiger partial charge in [0.25, 0.3) is 0 Å². The van der Waals surface area contributed by atoms with E-state index >= 15 is 0 Å². The molecule has 188 valence electrons. The number of ether oxygens (including phenoxy) is 2. The minimum Gasteiger partial charge on any atom is -0.463 e. The van der Waals surface area contributed by atoms with Crippen molar-refractivity contribution in [3.05, 3.63) is 53.0 Å². The Balaban J connectivity index is 3.17. The smallest absolute Gasteiger partial charge is 0.339 e. The zero-order chi connectivity index (χ0) is 25.9. The molecule has 0 aromatic heterocycles. The van der Waals surface area contributed by atoms with E-state index in [0.29, 0.717) is 5.31 Å². The first-order chi connectivity index (χ1) is 15.7. The van der Waals surface area contributed by atoms with Gasteiger partial charge in [-0.2, -0.15) is 0 Å². The lowest BCUT2D eigenvalue weighted by Crippen LogP contribution is -2.51. The molecule has 2 unspecified atom stereocenters. The molecular weight excluding hydrogens is 496 g/mol. The van der Waals surface area contributed by atoms with E-state index in [1.807, 2.05) is 13.0 Å². The van der Waals surface area contributed by atoms with Crippen LogP contribution < -0.4 is 5.30 Å². The Kier molecular flexibility index (Phi) is 9.43. The van der Waals surface area contributed by atoms with E-state index in [0.717, 1.165) is 0 Å². The van der Waals surface area contributed by atoms with Crippen molar-refractivity contribution in [2.45, 2.75) is 53.1 Å². The normalized spacial score (nSPS) is 20.7. The second-order valence-electron chi connectivity index (χ2n) is 10.6. The maximum atomic E-state index is 13.6. The van der Waals surface area contributed by atoms with Gasteiger partial charge < -0.3 is 14.4 Å². The Morgan fingerprint density at radius 3 is 1.91 bits per heavy atom. The fourth-order valence-corrected chi connectivity index (χ4v) is 40.2. The lowest BCUT2D eigenvalue weighted by molar-refractivity contribution is -0.140. The van der Waals surface area contributed by atoms with E-state index in [1.54, 1.807) is 11.5 Å². The number of esters is 2. The SMILES string of the molecule is CCOC(=O)/C=C(\C(=O)OCC)P1(=C([Si](C)(C)C)[Si](C)(C)C)C=C(N(C)C)P1c1ccccc1. The van der Waals surface area contributed by atoms with Crippen LogP contribution in [0.5, 0.6) is 0 Å². The highest BCUT2D eigenvalue weighted by Crippen LogP contribution is 2.93. The zero-order valence-corrected chi connectivity index (χ0v) is 26.2. The molecule has 1 aromatic rings. The fraction of sp³-hybridized carbons (Fsp3) is 0.480. The lowest BCUT2D eigenvalue weighted by Gasteiger charge is -2.52. The van der Waals surface area contributed by atoms with Crippen LogP contribution in [-0.2, 0) is 19.1 Å². The molecule has 34 heavy (non-hydrogen) atoms. The van der Waals surface area contributed by atoms with Crippen molar-refractivity contribution in [3.63, 3.8) is 0 Å². The van der Waals surface area contributed by atoms with Gasteiger partial charge in [-0.15, -0.1) is 0 Å². The number of hydrogen-bond acceptors (Lipinski definition) is 5. The molecular formula is C25H41NO4P2Si2. The number of carbonyl (C=O) groups excluding carboxylic acids is 2. The van der Waals surface area contributed by atoms with Gasteiger partial charge in [-0.3, -0.25) is 0 Å². The first-order valence-corrected chi connectivity index (χ1v) is 22.7. The summed E-state index contributed by atoms with van der Waals surface area (Å²) in [6, 6.07) is 10.5. The van der Waals surface area contributed by atoms with Crippen molar-refractivity contribution < 1.29 is 19.1 Å². The van der Waals surface area contributed by atoms with Crippen molar-refractivity contribution >= 4 is 52.1 Å². The van der Waals surface area contributed by atoms with Crippen LogP contribution in [0, 0.1) is 0 Å². The van der Waals surface area contributed by atoms with Crippen LogP contribution in [0.4, 0.5) is 0 Å². The molecule has 0 N–H and O–H groups in total. The zero-order valence-electron chi connectivity index (χ0n) is 22.4. The van der Waals surface area contributed by atoms with Gasteiger partial charge in [-0.05, 0) is 31.5 Å². The molecule has 1 heterocycles. The van der Waals surface area contributed by atoms with Gasteiger partial charge in [0.05, 0.1) is 34.7 Å². The van der Waals surface area contributed by atoms with Crippen LogP contribution in [0.1, 0.15) is 13.8 Å². The lowest BCUT2D eigenvalue weighted by atomic mass is 10.4. The summed E-state index contributed by atoms with van der Waals surface area (Å²) in [6.45, 7) is 16.1. The molecule has 1 aliphatic rings. The number of rotatable bonds is 9. The second-order valence-corrected chi connectivity index (χ2v) is 29.2. The molecule has 2 rings (SSSR count). The topological polar surface area (TPSA) is 55.8 Å². The van der Waals surface area contributed by atoms with Crippen molar-refractivity contribution in [2.24, 2.45) is 0 Å². The van der Waals surface area contributed by atoms with Crippen molar-refractivity contribution in [1.29, 1.82) is 0 Å². The molecule has 1 aliphatic heterocycles. The quantitative estimate of drug-likeness (QED) is 0.166. The predicted molar refractivity (Wildman–Crippen MR) is 155 cm³/mol. The van der Waals surface area contributed by atoms with Gasteiger partial charge in [0.2, 0.25) is 0 Å². The van der Waals surface area contributed by atoms with Gasteiger partial charge >= 0.3 is 11.9 Å². The highest BCUT2D eigenvalue weighted by molar-refractivity contribution is 8.49. The van der Waals surface area contributed by atoms with Crippen LogP contribution in [0.15, 0.2) is 53.0 Å². The molecule has 0 fully saturated rings. The maximum absolute atomic E-state index is 13.6. The minimum atomic E-state index is -2.35. The summed E-state index contributed by atoms with van der Waals surface area (Å²) in [5.74, 6) is 1.51. The van der Waals surface area contributed by atoms with E-state index in [2.05, 4.69) is 88.4 Å². The number of carbonyl (C=O) groups is 2. The average molecular weight is 538 g/mol. The average Bonchev–Trinajstić information content (AvgIpc) is 2.68. The summed E-state index contributed by atoms with van der Waals surface area (Å²) >= 11 is 0. The fourth-order valence-electron chi connectivity index (χ4n) is 4.98. The maximum Gasteiger partial charge on any atom is 0.339 e. The third-order valence-corrected chi connectivity index (χ3v) is 29.8. The Morgan fingerprint density at radius 1 is 0.941 bits per heavy atom. The van der Waals surface area contributed by atoms with Crippen molar-refractivity contribution in [2.75, 3.05) is 27.3 Å². The van der Waals surface area contributed by atoms with Gasteiger partial charge in [0.1, 0.15) is 0 Å². The Bertz CT molecular complexity index is 1020.